The summed E-state index contributed by atoms with van der Waals surface area (Å²) < 4.78 is 0. The number of amides is 2. The third kappa shape index (κ3) is 3.94. The minimum Gasteiger partial charge on any atom is -0.358 e. The first-order chi connectivity index (χ1) is 13.1. The zero-order valence-corrected chi connectivity index (χ0v) is 16.0. The SMILES string of the molecule is CN1CCN(CCCNC(=O)c2ccc3c(c2)NC(=O)C2CCCN32)CC1. The number of carbonyl (C=O) groups is 2. The molecule has 1 atom stereocenters. The number of likely N-dealkylation sites (N-methyl/N-ethyl adjacent to an activating group) is 1. The number of fused-ring (bicyclic) bond motifs is 3. The second kappa shape index (κ2) is 7.86. The fourth-order valence-electron chi connectivity index (χ4n) is 4.25. The Labute approximate surface area is 160 Å². The van der Waals surface area contributed by atoms with Gasteiger partial charge >= 0.3 is 0 Å². The molecule has 1 unspecified atom stereocenters. The monoisotopic (exact) mass is 371 g/mol. The van der Waals surface area contributed by atoms with Crippen LogP contribution in [-0.2, 0) is 4.79 Å². The van der Waals surface area contributed by atoms with Gasteiger partial charge in [-0.1, -0.05) is 0 Å². The molecule has 3 heterocycles. The van der Waals surface area contributed by atoms with Crippen LogP contribution in [0.5, 0.6) is 0 Å². The van der Waals surface area contributed by atoms with Crippen molar-refractivity contribution in [1.82, 2.24) is 15.1 Å². The third-order valence-corrected chi connectivity index (χ3v) is 5.91. The zero-order valence-electron chi connectivity index (χ0n) is 16.0. The van der Waals surface area contributed by atoms with Gasteiger partial charge in [-0.2, -0.15) is 0 Å². The fraction of sp³-hybridized carbons (Fsp3) is 0.600. The molecule has 0 saturated carbocycles. The van der Waals surface area contributed by atoms with Crippen molar-refractivity contribution < 1.29 is 9.59 Å². The van der Waals surface area contributed by atoms with Crippen LogP contribution in [0.2, 0.25) is 0 Å². The molecule has 146 valence electrons. The largest absolute Gasteiger partial charge is 0.358 e. The van der Waals surface area contributed by atoms with Crippen molar-refractivity contribution in [3.8, 4) is 0 Å². The maximum Gasteiger partial charge on any atom is 0.251 e. The predicted octanol–water partition coefficient (Wildman–Crippen LogP) is 0.975. The van der Waals surface area contributed by atoms with Gasteiger partial charge in [0.25, 0.3) is 5.91 Å². The first-order valence-corrected chi connectivity index (χ1v) is 10.0. The highest BCUT2D eigenvalue weighted by molar-refractivity contribution is 6.06. The molecule has 0 aliphatic carbocycles. The summed E-state index contributed by atoms with van der Waals surface area (Å²) in [5, 5.41) is 5.98. The van der Waals surface area contributed by atoms with Crippen molar-refractivity contribution in [2.24, 2.45) is 0 Å². The lowest BCUT2D eigenvalue weighted by molar-refractivity contribution is -0.117. The van der Waals surface area contributed by atoms with Crippen molar-refractivity contribution in [2.45, 2.75) is 25.3 Å². The van der Waals surface area contributed by atoms with E-state index in [0.717, 1.165) is 69.9 Å². The topological polar surface area (TPSA) is 67.9 Å². The summed E-state index contributed by atoms with van der Waals surface area (Å²) >= 11 is 0. The van der Waals surface area contributed by atoms with Gasteiger partial charge in [-0.3, -0.25) is 9.59 Å². The van der Waals surface area contributed by atoms with Crippen LogP contribution in [0, 0.1) is 0 Å². The van der Waals surface area contributed by atoms with E-state index in [9.17, 15) is 9.59 Å². The molecule has 7 nitrogen and oxygen atoms in total. The average Bonchev–Trinajstić information content (AvgIpc) is 3.17. The normalized spacial score (nSPS) is 22.9. The molecule has 3 aliphatic rings. The van der Waals surface area contributed by atoms with Crippen LogP contribution in [0.25, 0.3) is 0 Å². The summed E-state index contributed by atoms with van der Waals surface area (Å²) in [5.41, 5.74) is 2.39. The number of hydrogen-bond donors (Lipinski definition) is 2. The van der Waals surface area contributed by atoms with Gasteiger partial charge in [0.05, 0.1) is 11.4 Å². The van der Waals surface area contributed by atoms with Gasteiger partial charge in [0.15, 0.2) is 0 Å². The van der Waals surface area contributed by atoms with E-state index in [-0.39, 0.29) is 17.9 Å². The third-order valence-electron chi connectivity index (χ3n) is 5.91. The molecule has 2 amide bonds. The van der Waals surface area contributed by atoms with Crippen LogP contribution < -0.4 is 15.5 Å². The predicted molar refractivity (Wildman–Crippen MR) is 106 cm³/mol. The Hall–Kier alpha value is -2.12. The molecule has 0 aromatic heterocycles. The number of hydrogen-bond acceptors (Lipinski definition) is 5. The van der Waals surface area contributed by atoms with Crippen molar-refractivity contribution in [2.75, 3.05) is 63.1 Å². The van der Waals surface area contributed by atoms with Gasteiger partial charge in [0, 0.05) is 44.8 Å². The molecule has 1 aromatic rings. The van der Waals surface area contributed by atoms with E-state index in [4.69, 9.17) is 0 Å². The molecule has 2 fully saturated rings. The van der Waals surface area contributed by atoms with E-state index in [1.165, 1.54) is 0 Å². The zero-order chi connectivity index (χ0) is 18.8. The standard InChI is InChI=1S/C20H29N5O2/c1-23-10-12-24(13-11-23)8-3-7-21-19(26)15-5-6-17-16(14-15)22-20(27)18-4-2-9-25(17)18/h5-6,14,18H,2-4,7-13H2,1H3,(H,21,26)(H,22,27). The molecule has 2 N–H and O–H groups in total. The van der Waals surface area contributed by atoms with E-state index in [1.54, 1.807) is 6.07 Å². The number of anilines is 2. The maximum atomic E-state index is 12.5. The van der Waals surface area contributed by atoms with Gasteiger partial charge in [0.2, 0.25) is 5.91 Å². The summed E-state index contributed by atoms with van der Waals surface area (Å²) in [7, 11) is 2.16. The first-order valence-electron chi connectivity index (χ1n) is 10.0. The lowest BCUT2D eigenvalue weighted by atomic mass is 10.1. The molecule has 0 radical (unpaired) electrons. The van der Waals surface area contributed by atoms with Gasteiger partial charge in [0.1, 0.15) is 6.04 Å². The lowest BCUT2D eigenvalue weighted by Crippen LogP contribution is -2.45. The second-order valence-electron chi connectivity index (χ2n) is 7.83. The minimum atomic E-state index is -0.0750. The van der Waals surface area contributed by atoms with E-state index >= 15 is 0 Å². The lowest BCUT2D eigenvalue weighted by Gasteiger charge is -2.33. The molecule has 2 saturated heterocycles. The smallest absolute Gasteiger partial charge is 0.251 e. The number of rotatable bonds is 5. The first kappa shape index (κ1) is 18.3. The molecule has 0 spiro atoms. The van der Waals surface area contributed by atoms with Gasteiger partial charge in [-0.15, -0.1) is 0 Å². The molecule has 7 heteroatoms. The Bertz CT molecular complexity index is 714. The number of nitrogens with one attached hydrogen (secondary N) is 2. The summed E-state index contributed by atoms with van der Waals surface area (Å²) in [5.74, 6) is -0.0290. The molecular formula is C20H29N5O2. The van der Waals surface area contributed by atoms with E-state index in [1.807, 2.05) is 12.1 Å². The summed E-state index contributed by atoms with van der Waals surface area (Å²) in [4.78, 5) is 31.7. The fourth-order valence-corrected chi connectivity index (χ4v) is 4.25. The number of carbonyl (C=O) groups excluding carboxylic acids is 2. The highest BCUT2D eigenvalue weighted by atomic mass is 16.2. The number of nitrogens with zero attached hydrogens (tertiary/aromatic N) is 3. The van der Waals surface area contributed by atoms with Crippen molar-refractivity contribution in [3.05, 3.63) is 23.8 Å². The van der Waals surface area contributed by atoms with Crippen LogP contribution in [0.3, 0.4) is 0 Å². The van der Waals surface area contributed by atoms with Crippen LogP contribution in [0.15, 0.2) is 18.2 Å². The summed E-state index contributed by atoms with van der Waals surface area (Å²) in [6.45, 7) is 7.03. The van der Waals surface area contributed by atoms with Crippen molar-refractivity contribution in [3.63, 3.8) is 0 Å². The Balaban J connectivity index is 1.29. The highest BCUT2D eigenvalue weighted by Crippen LogP contribution is 2.37. The van der Waals surface area contributed by atoms with Crippen LogP contribution in [0.4, 0.5) is 11.4 Å². The Morgan fingerprint density at radius 2 is 2.04 bits per heavy atom. The molecule has 27 heavy (non-hydrogen) atoms. The molecular weight excluding hydrogens is 342 g/mol. The average molecular weight is 371 g/mol. The van der Waals surface area contributed by atoms with Gasteiger partial charge < -0.3 is 25.3 Å². The van der Waals surface area contributed by atoms with Gasteiger partial charge in [-0.05, 0) is 51.1 Å². The molecule has 3 aliphatic heterocycles. The van der Waals surface area contributed by atoms with Crippen LogP contribution in [0.1, 0.15) is 29.6 Å². The van der Waals surface area contributed by atoms with Crippen LogP contribution >= 0.6 is 0 Å². The molecule has 1 aromatic carbocycles. The van der Waals surface area contributed by atoms with Crippen molar-refractivity contribution in [1.29, 1.82) is 0 Å². The highest BCUT2D eigenvalue weighted by Gasteiger charge is 2.36. The summed E-state index contributed by atoms with van der Waals surface area (Å²) in [6.07, 6.45) is 2.89. The van der Waals surface area contributed by atoms with E-state index in [0.29, 0.717) is 12.1 Å². The van der Waals surface area contributed by atoms with Crippen molar-refractivity contribution >= 4 is 23.2 Å². The number of piperazine rings is 1. The minimum absolute atomic E-state index is 0.0461. The molecule has 4 rings (SSSR count). The summed E-state index contributed by atoms with van der Waals surface area (Å²) in [6, 6.07) is 5.58. The van der Waals surface area contributed by atoms with Gasteiger partial charge in [-0.25, -0.2) is 0 Å². The Morgan fingerprint density at radius 1 is 1.22 bits per heavy atom. The van der Waals surface area contributed by atoms with Crippen LogP contribution in [-0.4, -0.2) is 80.5 Å². The number of benzene rings is 1. The van der Waals surface area contributed by atoms with E-state index in [2.05, 4.69) is 32.4 Å². The Kier molecular flexibility index (Phi) is 5.31. The maximum absolute atomic E-state index is 12.5. The second-order valence-corrected chi connectivity index (χ2v) is 7.83. The quantitative estimate of drug-likeness (QED) is 0.755. The molecule has 0 bridgehead atoms. The van der Waals surface area contributed by atoms with E-state index < -0.39 is 0 Å². The Morgan fingerprint density at radius 3 is 2.85 bits per heavy atom.